The monoisotopic (exact) mass is 383 g/mol. The number of hydrogen-bond donors (Lipinski definition) is 3. The molecule has 0 saturated heterocycles. The van der Waals surface area contributed by atoms with Crippen molar-refractivity contribution in [1.29, 1.82) is 5.26 Å². The summed E-state index contributed by atoms with van der Waals surface area (Å²) in [5.74, 6) is 0.245. The molecule has 0 amide bonds. The molecule has 0 saturated carbocycles. The van der Waals surface area contributed by atoms with Gasteiger partial charge in [0.15, 0.2) is 0 Å². The Morgan fingerprint density at radius 1 is 1.19 bits per heavy atom. The van der Waals surface area contributed by atoms with Crippen LogP contribution < -0.4 is 15.6 Å². The third kappa shape index (κ3) is 3.99. The number of anilines is 3. The number of hydrogen-bond acceptors (Lipinski definition) is 6. The molecular formula is C18H14ClN5OS. The number of nitrogens with one attached hydrogen (secondary N) is 3. The average Bonchev–Trinajstić information content (AvgIpc) is 2.64. The Kier molecular flexibility index (Phi) is 5.46. The van der Waals surface area contributed by atoms with Gasteiger partial charge in [-0.25, -0.2) is 4.98 Å². The van der Waals surface area contributed by atoms with E-state index in [1.165, 1.54) is 11.9 Å². The number of H-pyrrole nitrogens is 1. The fourth-order valence-corrected chi connectivity index (χ4v) is 2.85. The number of nitriles is 1. The van der Waals surface area contributed by atoms with E-state index < -0.39 is 5.56 Å². The van der Waals surface area contributed by atoms with Crippen LogP contribution in [0.3, 0.4) is 0 Å². The van der Waals surface area contributed by atoms with Crippen LogP contribution >= 0.6 is 23.5 Å². The van der Waals surface area contributed by atoms with Crippen LogP contribution in [0.2, 0.25) is 5.02 Å². The number of rotatable bonds is 5. The van der Waals surface area contributed by atoms with Crippen LogP contribution in [-0.2, 0) is 0 Å². The maximum Gasteiger partial charge on any atom is 0.270 e. The first-order valence-electron chi connectivity index (χ1n) is 7.57. The lowest BCUT2D eigenvalue weighted by Gasteiger charge is -2.10. The van der Waals surface area contributed by atoms with Crippen molar-refractivity contribution in [2.45, 2.75) is 0 Å². The zero-order chi connectivity index (χ0) is 18.5. The minimum atomic E-state index is -0.503. The van der Waals surface area contributed by atoms with Crippen molar-refractivity contribution in [1.82, 2.24) is 9.97 Å². The van der Waals surface area contributed by atoms with Crippen molar-refractivity contribution in [2.24, 2.45) is 0 Å². The highest BCUT2D eigenvalue weighted by molar-refractivity contribution is 7.99. The van der Waals surface area contributed by atoms with Crippen LogP contribution in [0, 0.1) is 11.3 Å². The molecule has 1 aromatic heterocycles. The van der Waals surface area contributed by atoms with Crippen LogP contribution in [0.5, 0.6) is 0 Å². The van der Waals surface area contributed by atoms with Crippen LogP contribution in [0.1, 0.15) is 5.56 Å². The number of aromatic amines is 1. The Morgan fingerprint density at radius 3 is 2.65 bits per heavy atom. The smallest absolute Gasteiger partial charge is 0.270 e. The summed E-state index contributed by atoms with van der Waals surface area (Å²) in [4.78, 5) is 19.3. The predicted molar refractivity (Wildman–Crippen MR) is 107 cm³/mol. The molecule has 0 radical (unpaired) electrons. The first kappa shape index (κ1) is 17.9. The molecule has 0 fully saturated rings. The van der Waals surface area contributed by atoms with E-state index in [1.54, 1.807) is 30.3 Å². The molecule has 3 N–H and O–H groups in total. The summed E-state index contributed by atoms with van der Waals surface area (Å²) < 4.78 is 3.12. The van der Waals surface area contributed by atoms with Gasteiger partial charge in [0.25, 0.3) is 5.56 Å². The summed E-state index contributed by atoms with van der Waals surface area (Å²) in [6.45, 7) is 0. The number of nitrogens with zero attached hydrogens (tertiary/aromatic N) is 2. The number of aromatic nitrogens is 2. The van der Waals surface area contributed by atoms with E-state index in [9.17, 15) is 10.1 Å². The van der Waals surface area contributed by atoms with Gasteiger partial charge in [-0.1, -0.05) is 35.7 Å². The van der Waals surface area contributed by atoms with Gasteiger partial charge < -0.3 is 10.0 Å². The Hall–Kier alpha value is -2.95. The van der Waals surface area contributed by atoms with Crippen LogP contribution in [0.4, 0.5) is 17.3 Å². The van der Waals surface area contributed by atoms with Crippen LogP contribution in [0.25, 0.3) is 11.3 Å². The molecule has 0 aliphatic rings. The molecule has 0 bridgehead atoms. The van der Waals surface area contributed by atoms with Crippen molar-refractivity contribution in [3.63, 3.8) is 0 Å². The van der Waals surface area contributed by atoms with Gasteiger partial charge in [0.2, 0.25) is 5.95 Å². The molecule has 0 atom stereocenters. The van der Waals surface area contributed by atoms with Crippen molar-refractivity contribution >= 4 is 40.9 Å². The van der Waals surface area contributed by atoms with E-state index in [2.05, 4.69) is 20.0 Å². The molecule has 3 rings (SSSR count). The third-order valence-corrected chi connectivity index (χ3v) is 4.19. The topological polar surface area (TPSA) is 93.6 Å². The van der Waals surface area contributed by atoms with Gasteiger partial charge in [-0.3, -0.25) is 9.78 Å². The van der Waals surface area contributed by atoms with E-state index in [0.717, 1.165) is 5.69 Å². The van der Waals surface area contributed by atoms with E-state index in [-0.39, 0.29) is 11.5 Å². The summed E-state index contributed by atoms with van der Waals surface area (Å²) in [7, 11) is 0. The van der Waals surface area contributed by atoms with Gasteiger partial charge >= 0.3 is 0 Å². The predicted octanol–water partition coefficient (Wildman–Crippen LogP) is 4.40. The quantitative estimate of drug-likeness (QED) is 0.565. The molecule has 6 nitrogen and oxygen atoms in total. The second kappa shape index (κ2) is 7.95. The lowest BCUT2D eigenvalue weighted by Crippen LogP contribution is -2.16. The minimum absolute atomic E-state index is 0.0343. The van der Waals surface area contributed by atoms with Crippen molar-refractivity contribution in [3.8, 4) is 17.3 Å². The summed E-state index contributed by atoms with van der Waals surface area (Å²) >= 11 is 7.33. The second-order valence-corrected chi connectivity index (χ2v) is 6.32. The zero-order valence-corrected chi connectivity index (χ0v) is 15.3. The molecule has 1 heterocycles. The first-order valence-corrected chi connectivity index (χ1v) is 9.17. The van der Waals surface area contributed by atoms with Gasteiger partial charge in [-0.05, 0) is 36.4 Å². The number of halogens is 1. The molecule has 8 heteroatoms. The van der Waals surface area contributed by atoms with Gasteiger partial charge in [-0.2, -0.15) is 5.26 Å². The maximum absolute atomic E-state index is 12.3. The fourth-order valence-electron chi connectivity index (χ4n) is 2.36. The maximum atomic E-state index is 12.3. The van der Waals surface area contributed by atoms with Gasteiger partial charge in [0, 0.05) is 28.2 Å². The normalized spacial score (nSPS) is 10.2. The standard InChI is InChI=1S/C18H14ClN5OS/c1-26-24-14-4-2-3-11(9-14)16-15(10-20)17(25)23-18(22-16)21-13-7-5-12(19)6-8-13/h2-9,24H,1H3,(H2,21,22,23,25). The molecule has 0 spiro atoms. The van der Waals surface area contributed by atoms with Crippen molar-refractivity contribution in [3.05, 3.63) is 69.5 Å². The molecule has 2 aromatic carbocycles. The van der Waals surface area contributed by atoms with Gasteiger partial charge in [0.05, 0.1) is 5.69 Å². The van der Waals surface area contributed by atoms with E-state index in [4.69, 9.17) is 11.6 Å². The Balaban J connectivity index is 2.05. The summed E-state index contributed by atoms with van der Waals surface area (Å²) in [6, 6.07) is 16.3. The van der Waals surface area contributed by atoms with E-state index in [0.29, 0.717) is 22.0 Å². The van der Waals surface area contributed by atoms with E-state index in [1.807, 2.05) is 30.5 Å². The molecule has 0 unspecified atom stereocenters. The highest BCUT2D eigenvalue weighted by Crippen LogP contribution is 2.25. The minimum Gasteiger partial charge on any atom is -0.330 e. The summed E-state index contributed by atoms with van der Waals surface area (Å²) in [5, 5.41) is 13.0. The first-order chi connectivity index (χ1) is 12.6. The third-order valence-electron chi connectivity index (χ3n) is 3.49. The zero-order valence-electron chi connectivity index (χ0n) is 13.7. The second-order valence-electron chi connectivity index (χ2n) is 5.27. The highest BCUT2D eigenvalue weighted by Gasteiger charge is 2.14. The molecule has 130 valence electrons. The lowest BCUT2D eigenvalue weighted by atomic mass is 10.1. The van der Waals surface area contributed by atoms with E-state index >= 15 is 0 Å². The lowest BCUT2D eigenvalue weighted by molar-refractivity contribution is 1.11. The summed E-state index contributed by atoms with van der Waals surface area (Å²) in [5.41, 5.74) is 2.02. The van der Waals surface area contributed by atoms with Crippen LogP contribution in [0.15, 0.2) is 53.3 Å². The SMILES string of the molecule is CSNc1cccc(-c2nc(Nc3ccc(Cl)cc3)[nH]c(=O)c2C#N)c1. The molecular weight excluding hydrogens is 370 g/mol. The number of benzene rings is 2. The Morgan fingerprint density at radius 2 is 1.96 bits per heavy atom. The molecule has 3 aromatic rings. The fraction of sp³-hybridized carbons (Fsp3) is 0.0556. The van der Waals surface area contributed by atoms with Gasteiger partial charge in [0.1, 0.15) is 11.6 Å². The largest absolute Gasteiger partial charge is 0.330 e. The van der Waals surface area contributed by atoms with Gasteiger partial charge in [-0.15, -0.1) is 0 Å². The Labute approximate surface area is 159 Å². The average molecular weight is 384 g/mol. The molecule has 0 aliphatic carbocycles. The highest BCUT2D eigenvalue weighted by atomic mass is 35.5. The van der Waals surface area contributed by atoms with Crippen LogP contribution in [-0.4, -0.2) is 16.2 Å². The van der Waals surface area contributed by atoms with Crippen molar-refractivity contribution in [2.75, 3.05) is 16.3 Å². The summed E-state index contributed by atoms with van der Waals surface area (Å²) in [6.07, 6.45) is 1.91. The Bertz CT molecular complexity index is 1030. The molecule has 26 heavy (non-hydrogen) atoms. The van der Waals surface area contributed by atoms with Crippen molar-refractivity contribution < 1.29 is 0 Å². The molecule has 0 aliphatic heterocycles.